The number of urea groups is 1. The third-order valence-corrected chi connectivity index (χ3v) is 5.20. The van der Waals surface area contributed by atoms with E-state index in [-0.39, 0.29) is 6.03 Å². The summed E-state index contributed by atoms with van der Waals surface area (Å²) in [7, 11) is 1.60. The van der Waals surface area contributed by atoms with E-state index in [1.807, 2.05) is 24.3 Å². The topological polar surface area (TPSA) is 105 Å². The third kappa shape index (κ3) is 4.64. The minimum absolute atomic E-state index is 0.309. The van der Waals surface area contributed by atoms with Gasteiger partial charge in [0, 0.05) is 17.1 Å². The number of aromatic nitrogens is 4. The quantitative estimate of drug-likeness (QED) is 0.326. The molecular weight excluding hydrogens is 388 g/mol. The average molecular weight is 406 g/mol. The summed E-state index contributed by atoms with van der Waals surface area (Å²) in [5.41, 5.74) is 3.17. The Morgan fingerprint density at radius 1 is 1.10 bits per heavy atom. The van der Waals surface area contributed by atoms with Crippen molar-refractivity contribution >= 4 is 40.2 Å². The van der Waals surface area contributed by atoms with Crippen molar-refractivity contribution in [1.29, 1.82) is 0 Å². The molecule has 146 valence electrons. The molecule has 0 saturated carbocycles. The van der Waals surface area contributed by atoms with Crippen molar-refractivity contribution in [3.05, 3.63) is 66.6 Å². The Kier molecular flexibility index (Phi) is 5.57. The number of nitrogens with zero attached hydrogens (tertiary/aromatic N) is 3. The van der Waals surface area contributed by atoms with E-state index in [1.54, 1.807) is 49.3 Å². The Labute approximate surface area is 171 Å². The predicted molar refractivity (Wildman–Crippen MR) is 113 cm³/mol. The maximum atomic E-state index is 12.3. The van der Waals surface area contributed by atoms with E-state index in [9.17, 15) is 4.79 Å². The second kappa shape index (κ2) is 8.61. The largest absolute Gasteiger partial charge is 0.497 e. The molecule has 29 heavy (non-hydrogen) atoms. The minimum Gasteiger partial charge on any atom is -0.497 e. The molecule has 0 bridgehead atoms. The van der Waals surface area contributed by atoms with E-state index in [1.165, 1.54) is 6.33 Å². The summed E-state index contributed by atoms with van der Waals surface area (Å²) in [6.45, 7) is 0. The molecule has 0 spiro atoms. The van der Waals surface area contributed by atoms with Gasteiger partial charge in [-0.2, -0.15) is 5.10 Å². The molecule has 2 amide bonds. The smallest absolute Gasteiger partial charge is 0.323 e. The van der Waals surface area contributed by atoms with Crippen molar-refractivity contribution in [2.45, 2.75) is 10.8 Å². The number of amides is 2. The number of thioether (sulfide) groups is 1. The predicted octanol–water partition coefficient (Wildman–Crippen LogP) is 4.30. The molecule has 0 saturated heterocycles. The van der Waals surface area contributed by atoms with Crippen molar-refractivity contribution in [3.63, 3.8) is 0 Å². The van der Waals surface area contributed by atoms with Gasteiger partial charge in [0.2, 0.25) is 0 Å². The maximum Gasteiger partial charge on any atom is 0.323 e. The fourth-order valence-electron chi connectivity index (χ4n) is 2.72. The summed E-state index contributed by atoms with van der Waals surface area (Å²) < 4.78 is 5.11. The van der Waals surface area contributed by atoms with E-state index < -0.39 is 0 Å². The van der Waals surface area contributed by atoms with Gasteiger partial charge in [0.1, 0.15) is 17.1 Å². The number of ether oxygens (including phenoxy) is 1. The van der Waals surface area contributed by atoms with E-state index in [0.29, 0.717) is 22.8 Å². The summed E-state index contributed by atoms with van der Waals surface area (Å²) in [5.74, 6) is 1.44. The average Bonchev–Trinajstić information content (AvgIpc) is 3.22. The Morgan fingerprint density at radius 3 is 2.76 bits per heavy atom. The van der Waals surface area contributed by atoms with Gasteiger partial charge < -0.3 is 15.4 Å². The minimum atomic E-state index is -0.309. The lowest BCUT2D eigenvalue weighted by Gasteiger charge is -2.09. The van der Waals surface area contributed by atoms with Crippen LogP contribution in [0.4, 0.5) is 16.2 Å². The van der Waals surface area contributed by atoms with Crippen LogP contribution in [0.25, 0.3) is 11.0 Å². The molecule has 0 radical (unpaired) electrons. The first-order chi connectivity index (χ1) is 14.2. The normalized spacial score (nSPS) is 10.7. The van der Waals surface area contributed by atoms with Crippen LogP contribution in [0, 0.1) is 0 Å². The molecule has 4 aromatic rings. The molecule has 0 aliphatic carbocycles. The van der Waals surface area contributed by atoms with Gasteiger partial charge in [-0.15, -0.1) is 11.8 Å². The summed E-state index contributed by atoms with van der Waals surface area (Å²) in [6.07, 6.45) is 3.24. The molecule has 0 fully saturated rings. The first-order valence-electron chi connectivity index (χ1n) is 8.79. The van der Waals surface area contributed by atoms with Gasteiger partial charge in [0.25, 0.3) is 0 Å². The Balaban J connectivity index is 1.37. The Bertz CT molecular complexity index is 1130. The van der Waals surface area contributed by atoms with Gasteiger partial charge in [0.15, 0.2) is 5.65 Å². The zero-order valence-electron chi connectivity index (χ0n) is 15.5. The number of carbonyl (C=O) groups excluding carboxylic acids is 1. The van der Waals surface area contributed by atoms with Gasteiger partial charge in [-0.05, 0) is 42.0 Å². The van der Waals surface area contributed by atoms with Gasteiger partial charge in [0.05, 0.1) is 18.7 Å². The van der Waals surface area contributed by atoms with Crippen LogP contribution in [0.3, 0.4) is 0 Å². The zero-order chi connectivity index (χ0) is 20.1. The highest BCUT2D eigenvalue weighted by Crippen LogP contribution is 2.27. The van der Waals surface area contributed by atoms with Crippen LogP contribution < -0.4 is 15.4 Å². The third-order valence-electron chi connectivity index (χ3n) is 4.12. The van der Waals surface area contributed by atoms with Crippen LogP contribution in [0.1, 0.15) is 5.56 Å². The molecule has 4 rings (SSSR count). The van der Waals surface area contributed by atoms with Gasteiger partial charge in [-0.1, -0.05) is 12.1 Å². The number of anilines is 2. The number of fused-ring (bicyclic) bond motifs is 1. The molecule has 3 N–H and O–H groups in total. The first kappa shape index (κ1) is 18.8. The first-order valence-corrected chi connectivity index (χ1v) is 9.78. The number of nitrogens with one attached hydrogen (secondary N) is 3. The summed E-state index contributed by atoms with van der Waals surface area (Å²) >= 11 is 1.59. The van der Waals surface area contributed by atoms with E-state index >= 15 is 0 Å². The number of rotatable bonds is 6. The Morgan fingerprint density at radius 2 is 1.93 bits per heavy atom. The molecule has 0 aliphatic rings. The number of benzene rings is 2. The molecule has 2 aromatic heterocycles. The molecule has 0 aliphatic heterocycles. The SMILES string of the molecule is COc1ccc(NC(=O)Nc2cccc(CSc3ncnc4[nH]ncc34)c2)cc1. The fourth-order valence-corrected chi connectivity index (χ4v) is 3.63. The van der Waals surface area contributed by atoms with E-state index in [0.717, 1.165) is 21.7 Å². The molecular formula is C20H18N6O2S. The van der Waals surface area contributed by atoms with Crippen LogP contribution in [0.5, 0.6) is 5.75 Å². The highest BCUT2D eigenvalue weighted by atomic mass is 32.2. The summed E-state index contributed by atoms with van der Waals surface area (Å²) in [6, 6.07) is 14.5. The molecule has 8 nitrogen and oxygen atoms in total. The van der Waals surface area contributed by atoms with Gasteiger partial charge in [-0.3, -0.25) is 5.10 Å². The van der Waals surface area contributed by atoms with Crippen LogP contribution in [0.2, 0.25) is 0 Å². The lowest BCUT2D eigenvalue weighted by molar-refractivity contribution is 0.262. The number of H-pyrrole nitrogens is 1. The van der Waals surface area contributed by atoms with Crippen LogP contribution in [-0.4, -0.2) is 33.3 Å². The van der Waals surface area contributed by atoms with Crippen LogP contribution >= 0.6 is 11.8 Å². The van der Waals surface area contributed by atoms with Crippen LogP contribution in [0.15, 0.2) is 66.1 Å². The monoisotopic (exact) mass is 406 g/mol. The zero-order valence-corrected chi connectivity index (χ0v) is 16.4. The number of hydrogen-bond acceptors (Lipinski definition) is 6. The highest BCUT2D eigenvalue weighted by Gasteiger charge is 2.08. The molecule has 0 atom stereocenters. The van der Waals surface area contributed by atoms with Gasteiger partial charge >= 0.3 is 6.03 Å². The van der Waals surface area contributed by atoms with Crippen molar-refractivity contribution in [2.75, 3.05) is 17.7 Å². The number of aromatic amines is 1. The maximum absolute atomic E-state index is 12.3. The summed E-state index contributed by atoms with van der Waals surface area (Å²) in [5, 5.41) is 14.2. The Hall–Kier alpha value is -3.59. The number of carbonyl (C=O) groups is 1. The fraction of sp³-hybridized carbons (Fsp3) is 0.100. The molecule has 0 unspecified atom stereocenters. The number of hydrogen-bond donors (Lipinski definition) is 3. The number of methoxy groups -OCH3 is 1. The van der Waals surface area contributed by atoms with E-state index in [2.05, 4.69) is 30.8 Å². The van der Waals surface area contributed by atoms with Crippen molar-refractivity contribution in [1.82, 2.24) is 20.2 Å². The standard InChI is InChI=1S/C20H18N6O2S/c1-28-16-7-5-14(6-8-16)24-20(27)25-15-4-2-3-13(9-15)11-29-19-17-10-23-26-18(17)21-12-22-19/h2-10,12H,11H2,1H3,(H2,24,25,27)(H,21,22,23,26). The second-order valence-corrected chi connectivity index (χ2v) is 7.07. The lowest BCUT2D eigenvalue weighted by Crippen LogP contribution is -2.19. The highest BCUT2D eigenvalue weighted by molar-refractivity contribution is 7.98. The van der Waals surface area contributed by atoms with Crippen molar-refractivity contribution < 1.29 is 9.53 Å². The second-order valence-electron chi connectivity index (χ2n) is 6.11. The summed E-state index contributed by atoms with van der Waals surface area (Å²) in [4.78, 5) is 20.7. The molecule has 9 heteroatoms. The molecule has 2 heterocycles. The molecule has 2 aromatic carbocycles. The van der Waals surface area contributed by atoms with Gasteiger partial charge in [-0.25, -0.2) is 14.8 Å². The van der Waals surface area contributed by atoms with Crippen molar-refractivity contribution in [3.8, 4) is 5.75 Å². The van der Waals surface area contributed by atoms with Crippen LogP contribution in [-0.2, 0) is 5.75 Å². The van der Waals surface area contributed by atoms with Crippen molar-refractivity contribution in [2.24, 2.45) is 0 Å². The lowest BCUT2D eigenvalue weighted by atomic mass is 10.2. The van der Waals surface area contributed by atoms with E-state index in [4.69, 9.17) is 4.74 Å².